The molecule has 0 aromatic carbocycles. The number of H-pyrrole nitrogens is 1. The Morgan fingerprint density at radius 2 is 2.25 bits per heavy atom. The largest absolute Gasteiger partial charge is 0.396 e. The van der Waals surface area contributed by atoms with E-state index < -0.39 is 0 Å². The Kier molecular flexibility index (Phi) is 4.19. The summed E-state index contributed by atoms with van der Waals surface area (Å²) in [5.74, 6) is -0.407. The van der Waals surface area contributed by atoms with E-state index in [0.717, 1.165) is 0 Å². The third-order valence-corrected chi connectivity index (χ3v) is 2.41. The molecule has 1 heterocycles. The van der Waals surface area contributed by atoms with Crippen LogP contribution in [0, 0.1) is 5.92 Å². The minimum Gasteiger partial charge on any atom is -0.396 e. The topological polar surface area (TPSA) is 95.1 Å². The number of hydrogen-bond acceptors (Lipinski definition) is 4. The smallest absolute Gasteiger partial charge is 0.271 e. The number of nitrogens with one attached hydrogen (secondary N) is 2. The molecule has 0 radical (unpaired) electrons. The van der Waals surface area contributed by atoms with Crippen LogP contribution in [0.3, 0.4) is 0 Å². The van der Waals surface area contributed by atoms with Gasteiger partial charge in [-0.05, 0) is 18.9 Å². The van der Waals surface area contributed by atoms with Crippen molar-refractivity contribution in [3.8, 4) is 0 Å². The third kappa shape index (κ3) is 3.16. The van der Waals surface area contributed by atoms with Gasteiger partial charge < -0.3 is 10.4 Å². The maximum atomic E-state index is 11.6. The van der Waals surface area contributed by atoms with Crippen LogP contribution in [0.2, 0.25) is 0 Å². The van der Waals surface area contributed by atoms with Crippen molar-refractivity contribution in [3.63, 3.8) is 0 Å². The average molecular weight is 225 g/mol. The molecule has 1 rings (SSSR count). The summed E-state index contributed by atoms with van der Waals surface area (Å²) in [5, 5.41) is 17.4. The van der Waals surface area contributed by atoms with Gasteiger partial charge in [-0.25, -0.2) is 5.10 Å². The summed E-state index contributed by atoms with van der Waals surface area (Å²) in [6, 6.07) is 2.43. The Labute approximate surface area is 92.7 Å². The fourth-order valence-corrected chi connectivity index (χ4v) is 1.05. The molecular formula is C10H15N3O3. The van der Waals surface area contributed by atoms with Crippen molar-refractivity contribution in [2.75, 3.05) is 6.61 Å². The van der Waals surface area contributed by atoms with Gasteiger partial charge in [-0.1, -0.05) is 6.92 Å². The maximum Gasteiger partial charge on any atom is 0.271 e. The van der Waals surface area contributed by atoms with Gasteiger partial charge >= 0.3 is 0 Å². The monoisotopic (exact) mass is 225 g/mol. The summed E-state index contributed by atoms with van der Waals surface area (Å²) in [7, 11) is 0. The lowest BCUT2D eigenvalue weighted by atomic mass is 10.1. The highest BCUT2D eigenvalue weighted by atomic mass is 16.3. The van der Waals surface area contributed by atoms with E-state index in [0.29, 0.717) is 0 Å². The molecule has 1 aromatic rings. The van der Waals surface area contributed by atoms with Crippen LogP contribution in [-0.4, -0.2) is 33.9 Å². The van der Waals surface area contributed by atoms with E-state index in [2.05, 4.69) is 15.5 Å². The van der Waals surface area contributed by atoms with Crippen molar-refractivity contribution < 1.29 is 9.90 Å². The van der Waals surface area contributed by atoms with E-state index in [1.54, 1.807) is 6.92 Å². The minimum absolute atomic E-state index is 0.000494. The second-order valence-corrected chi connectivity index (χ2v) is 3.73. The van der Waals surface area contributed by atoms with Crippen molar-refractivity contribution in [3.05, 3.63) is 28.2 Å². The Bertz CT molecular complexity index is 396. The normalized spacial score (nSPS) is 14.2. The molecule has 0 aliphatic rings. The zero-order chi connectivity index (χ0) is 12.1. The molecule has 6 nitrogen and oxygen atoms in total. The van der Waals surface area contributed by atoms with Gasteiger partial charge in [-0.3, -0.25) is 9.59 Å². The lowest BCUT2D eigenvalue weighted by Gasteiger charge is -2.18. The quantitative estimate of drug-likeness (QED) is 0.644. The Morgan fingerprint density at radius 3 is 2.75 bits per heavy atom. The molecule has 88 valence electrons. The zero-order valence-electron chi connectivity index (χ0n) is 9.23. The van der Waals surface area contributed by atoms with Crippen LogP contribution in [0.25, 0.3) is 0 Å². The molecule has 3 N–H and O–H groups in total. The fraction of sp³-hybridized carbons (Fsp3) is 0.500. The van der Waals surface area contributed by atoms with Crippen LogP contribution >= 0.6 is 0 Å². The molecule has 1 amide bonds. The Hall–Kier alpha value is -1.69. The summed E-state index contributed by atoms with van der Waals surface area (Å²) in [4.78, 5) is 22.3. The van der Waals surface area contributed by atoms with Crippen LogP contribution in [-0.2, 0) is 0 Å². The predicted molar refractivity (Wildman–Crippen MR) is 58.0 cm³/mol. The van der Waals surface area contributed by atoms with E-state index >= 15 is 0 Å². The second kappa shape index (κ2) is 5.41. The van der Waals surface area contributed by atoms with Crippen LogP contribution in [0.4, 0.5) is 0 Å². The van der Waals surface area contributed by atoms with Crippen molar-refractivity contribution in [2.45, 2.75) is 19.9 Å². The predicted octanol–water partition coefficient (Wildman–Crippen LogP) is -0.483. The first kappa shape index (κ1) is 12.4. The molecule has 2 atom stereocenters. The van der Waals surface area contributed by atoms with Gasteiger partial charge in [-0.2, -0.15) is 5.10 Å². The summed E-state index contributed by atoms with van der Waals surface area (Å²) in [6.45, 7) is 3.62. The first-order valence-corrected chi connectivity index (χ1v) is 5.02. The van der Waals surface area contributed by atoms with Gasteiger partial charge in [0.1, 0.15) is 5.69 Å². The Balaban J connectivity index is 2.65. The van der Waals surface area contributed by atoms with Crippen LogP contribution in [0.15, 0.2) is 16.9 Å². The summed E-state index contributed by atoms with van der Waals surface area (Å²) in [5.41, 5.74) is -0.204. The third-order valence-electron chi connectivity index (χ3n) is 2.41. The highest BCUT2D eigenvalue weighted by Crippen LogP contribution is 2.01. The van der Waals surface area contributed by atoms with E-state index in [1.807, 2.05) is 6.92 Å². The highest BCUT2D eigenvalue weighted by Gasteiger charge is 2.15. The van der Waals surface area contributed by atoms with Crippen molar-refractivity contribution in [1.29, 1.82) is 0 Å². The summed E-state index contributed by atoms with van der Waals surface area (Å²) in [6.07, 6.45) is 0. The molecule has 0 fully saturated rings. The number of nitrogens with zero attached hydrogens (tertiary/aromatic N) is 1. The number of carbonyl (C=O) groups is 1. The number of carbonyl (C=O) groups excluding carboxylic acids is 1. The van der Waals surface area contributed by atoms with Crippen molar-refractivity contribution in [2.24, 2.45) is 5.92 Å². The molecule has 0 spiro atoms. The molecule has 6 heteroatoms. The van der Waals surface area contributed by atoms with E-state index in [9.17, 15) is 9.59 Å². The van der Waals surface area contributed by atoms with Crippen LogP contribution in [0.1, 0.15) is 24.3 Å². The summed E-state index contributed by atoms with van der Waals surface area (Å²) >= 11 is 0. The first-order chi connectivity index (χ1) is 7.54. The lowest BCUT2D eigenvalue weighted by molar-refractivity contribution is 0.0910. The number of hydrogen-bond donors (Lipinski definition) is 3. The SMILES string of the molecule is CC(CO)C(C)NC(=O)c1ccc(=O)[nH]n1. The number of rotatable bonds is 4. The van der Waals surface area contributed by atoms with Crippen LogP contribution < -0.4 is 10.9 Å². The van der Waals surface area contributed by atoms with E-state index in [-0.39, 0.29) is 35.7 Å². The second-order valence-electron chi connectivity index (χ2n) is 3.73. The molecule has 0 bridgehead atoms. The average Bonchev–Trinajstić information content (AvgIpc) is 2.28. The standard InChI is InChI=1S/C10H15N3O3/c1-6(5-14)7(2)11-10(16)8-3-4-9(15)13-12-8/h3-4,6-7,14H,5H2,1-2H3,(H,11,16)(H,13,15). The highest BCUT2D eigenvalue weighted by molar-refractivity contribution is 5.92. The van der Waals surface area contributed by atoms with Gasteiger partial charge in [0.2, 0.25) is 0 Å². The van der Waals surface area contributed by atoms with Crippen LogP contribution in [0.5, 0.6) is 0 Å². The molecule has 16 heavy (non-hydrogen) atoms. The van der Waals surface area contributed by atoms with Gasteiger partial charge in [0.05, 0.1) is 0 Å². The number of aromatic nitrogens is 2. The molecule has 2 unspecified atom stereocenters. The van der Waals surface area contributed by atoms with Gasteiger partial charge in [-0.15, -0.1) is 0 Å². The van der Waals surface area contributed by atoms with Crippen molar-refractivity contribution in [1.82, 2.24) is 15.5 Å². The Morgan fingerprint density at radius 1 is 1.56 bits per heavy atom. The van der Waals surface area contributed by atoms with Crippen molar-refractivity contribution >= 4 is 5.91 Å². The molecule has 0 saturated heterocycles. The number of aromatic amines is 1. The molecule has 0 aliphatic heterocycles. The van der Waals surface area contributed by atoms with E-state index in [1.165, 1.54) is 12.1 Å². The van der Waals surface area contributed by atoms with Gasteiger partial charge in [0.25, 0.3) is 11.5 Å². The number of aliphatic hydroxyl groups is 1. The number of aliphatic hydroxyl groups excluding tert-OH is 1. The molecule has 0 aliphatic carbocycles. The number of amides is 1. The van der Waals surface area contributed by atoms with Gasteiger partial charge in [0.15, 0.2) is 0 Å². The van der Waals surface area contributed by atoms with E-state index in [4.69, 9.17) is 5.11 Å². The first-order valence-electron chi connectivity index (χ1n) is 5.02. The lowest BCUT2D eigenvalue weighted by Crippen LogP contribution is -2.39. The maximum absolute atomic E-state index is 11.6. The molecule has 0 saturated carbocycles. The molecular weight excluding hydrogens is 210 g/mol. The molecule has 1 aromatic heterocycles. The van der Waals surface area contributed by atoms with Gasteiger partial charge in [0, 0.05) is 18.7 Å². The fourth-order valence-electron chi connectivity index (χ4n) is 1.05. The minimum atomic E-state index is -0.371. The summed E-state index contributed by atoms with van der Waals surface area (Å²) < 4.78 is 0. The zero-order valence-corrected chi connectivity index (χ0v) is 9.23.